The fraction of sp³-hybridized carbons (Fsp3) is 0.143. The van der Waals surface area contributed by atoms with Crippen LogP contribution in [0.25, 0.3) is 0 Å². The van der Waals surface area contributed by atoms with Crippen LogP contribution in [0.4, 0.5) is 5.69 Å². The third-order valence-electron chi connectivity index (χ3n) is 2.56. The number of hydrogen-bond donors (Lipinski definition) is 1. The first-order chi connectivity index (χ1) is 9.10. The minimum atomic E-state index is -0.219. The number of aryl methyl sites for hydroxylation is 1. The van der Waals surface area contributed by atoms with Crippen LogP contribution in [0.5, 0.6) is 5.75 Å². The van der Waals surface area contributed by atoms with Crippen molar-refractivity contribution < 1.29 is 9.53 Å². The van der Waals surface area contributed by atoms with Crippen LogP contribution in [0.2, 0.25) is 0 Å². The van der Waals surface area contributed by atoms with Gasteiger partial charge in [0.05, 0.1) is 12.7 Å². The Bertz CT molecular complexity index is 614. The van der Waals surface area contributed by atoms with Gasteiger partial charge < -0.3 is 10.1 Å². The van der Waals surface area contributed by atoms with E-state index >= 15 is 0 Å². The van der Waals surface area contributed by atoms with Gasteiger partial charge in [-0.3, -0.25) is 9.78 Å². The number of nitrogens with zero attached hydrogens (tertiary/aromatic N) is 1. The molecule has 1 aromatic heterocycles. The molecule has 0 saturated heterocycles. The highest BCUT2D eigenvalue weighted by Crippen LogP contribution is 2.24. The third kappa shape index (κ3) is 3.32. The Balaban J connectivity index is 2.27. The summed E-state index contributed by atoms with van der Waals surface area (Å²) in [6.45, 7) is 1.87. The van der Waals surface area contributed by atoms with Crippen LogP contribution >= 0.6 is 15.9 Å². The predicted molar refractivity (Wildman–Crippen MR) is 77.6 cm³/mol. The standard InChI is InChI=1S/C14H13BrN2O2/c1-9-7-11(5-6-16-9)17-14(18)12-8-10(15)3-4-13(12)19-2/h3-8H,1-2H3,(H,16,17,18). The molecular formula is C14H13BrN2O2. The molecule has 0 spiro atoms. The molecule has 98 valence electrons. The van der Waals surface area contributed by atoms with E-state index in [0.717, 1.165) is 10.2 Å². The summed E-state index contributed by atoms with van der Waals surface area (Å²) in [5.74, 6) is 0.315. The Kier molecular flexibility index (Phi) is 4.16. The number of carbonyl (C=O) groups excluding carboxylic acids is 1. The molecule has 1 N–H and O–H groups in total. The van der Waals surface area contributed by atoms with Gasteiger partial charge in [0.1, 0.15) is 5.75 Å². The van der Waals surface area contributed by atoms with Gasteiger partial charge in [-0.2, -0.15) is 0 Å². The lowest BCUT2D eigenvalue weighted by Crippen LogP contribution is -2.13. The highest BCUT2D eigenvalue weighted by Gasteiger charge is 2.13. The fourth-order valence-electron chi connectivity index (χ4n) is 1.68. The number of benzene rings is 1. The van der Waals surface area contributed by atoms with Crippen molar-refractivity contribution in [3.05, 3.63) is 52.3 Å². The molecule has 0 atom stereocenters. The number of carbonyl (C=O) groups is 1. The van der Waals surface area contributed by atoms with Crippen LogP contribution in [0, 0.1) is 6.92 Å². The molecule has 4 nitrogen and oxygen atoms in total. The van der Waals surface area contributed by atoms with Crippen LogP contribution in [0.15, 0.2) is 41.0 Å². The van der Waals surface area contributed by atoms with E-state index in [4.69, 9.17) is 4.74 Å². The van der Waals surface area contributed by atoms with Crippen molar-refractivity contribution in [2.45, 2.75) is 6.92 Å². The van der Waals surface area contributed by atoms with Gasteiger partial charge in [0.2, 0.25) is 0 Å². The number of nitrogens with one attached hydrogen (secondary N) is 1. The SMILES string of the molecule is COc1ccc(Br)cc1C(=O)Nc1ccnc(C)c1. The maximum absolute atomic E-state index is 12.2. The molecule has 0 unspecified atom stereocenters. The molecule has 0 fully saturated rings. The Labute approximate surface area is 119 Å². The van der Waals surface area contributed by atoms with Crippen LogP contribution in [0.3, 0.4) is 0 Å². The van der Waals surface area contributed by atoms with E-state index in [-0.39, 0.29) is 5.91 Å². The second-order valence-electron chi connectivity index (χ2n) is 3.98. The van der Waals surface area contributed by atoms with Crippen molar-refractivity contribution in [2.24, 2.45) is 0 Å². The minimum Gasteiger partial charge on any atom is -0.496 e. The number of amides is 1. The quantitative estimate of drug-likeness (QED) is 0.942. The molecule has 5 heteroatoms. The lowest BCUT2D eigenvalue weighted by atomic mass is 10.2. The van der Waals surface area contributed by atoms with Gasteiger partial charge in [0.25, 0.3) is 5.91 Å². The van der Waals surface area contributed by atoms with E-state index in [1.54, 1.807) is 24.4 Å². The topological polar surface area (TPSA) is 51.2 Å². The van der Waals surface area contributed by atoms with Crippen LogP contribution in [-0.4, -0.2) is 18.0 Å². The largest absolute Gasteiger partial charge is 0.496 e. The van der Waals surface area contributed by atoms with E-state index in [9.17, 15) is 4.79 Å². The van der Waals surface area contributed by atoms with Gasteiger partial charge in [-0.15, -0.1) is 0 Å². The van der Waals surface area contributed by atoms with Gasteiger partial charge in [0.15, 0.2) is 0 Å². The van der Waals surface area contributed by atoms with Crippen molar-refractivity contribution >= 4 is 27.5 Å². The van der Waals surface area contributed by atoms with Gasteiger partial charge in [-0.05, 0) is 37.3 Å². The Hall–Kier alpha value is -1.88. The van der Waals surface area contributed by atoms with Crippen molar-refractivity contribution in [1.29, 1.82) is 0 Å². The smallest absolute Gasteiger partial charge is 0.259 e. The average Bonchev–Trinajstić information content (AvgIpc) is 2.38. The predicted octanol–water partition coefficient (Wildman–Crippen LogP) is 3.41. The molecule has 0 aliphatic carbocycles. The van der Waals surface area contributed by atoms with Gasteiger partial charge in [0, 0.05) is 22.1 Å². The summed E-state index contributed by atoms with van der Waals surface area (Å²) >= 11 is 3.35. The maximum Gasteiger partial charge on any atom is 0.259 e. The van der Waals surface area contributed by atoms with Crippen LogP contribution in [-0.2, 0) is 0 Å². The molecule has 2 rings (SSSR count). The molecule has 1 aromatic carbocycles. The number of rotatable bonds is 3. The molecule has 0 aliphatic heterocycles. The second-order valence-corrected chi connectivity index (χ2v) is 4.90. The molecule has 19 heavy (non-hydrogen) atoms. The molecule has 0 saturated carbocycles. The fourth-order valence-corrected chi connectivity index (χ4v) is 2.04. The van der Waals surface area contributed by atoms with Crippen molar-refractivity contribution in [3.63, 3.8) is 0 Å². The number of anilines is 1. The normalized spacial score (nSPS) is 10.1. The van der Waals surface area contributed by atoms with Crippen molar-refractivity contribution in [3.8, 4) is 5.75 Å². The minimum absolute atomic E-state index is 0.219. The number of methoxy groups -OCH3 is 1. The second kappa shape index (κ2) is 5.84. The van der Waals surface area contributed by atoms with Crippen molar-refractivity contribution in [1.82, 2.24) is 4.98 Å². The highest BCUT2D eigenvalue weighted by molar-refractivity contribution is 9.10. The molecule has 1 amide bonds. The van der Waals surface area contributed by atoms with Gasteiger partial charge >= 0.3 is 0 Å². The number of halogens is 1. The van der Waals surface area contributed by atoms with E-state index in [2.05, 4.69) is 26.2 Å². The molecule has 2 aromatic rings. The molecule has 0 aliphatic rings. The van der Waals surface area contributed by atoms with Crippen molar-refractivity contribution in [2.75, 3.05) is 12.4 Å². The zero-order valence-electron chi connectivity index (χ0n) is 10.6. The monoisotopic (exact) mass is 320 g/mol. The summed E-state index contributed by atoms with van der Waals surface area (Å²) in [5, 5.41) is 2.82. The van der Waals surface area contributed by atoms with Crippen LogP contribution in [0.1, 0.15) is 16.1 Å². The molecular weight excluding hydrogens is 308 g/mol. The number of aromatic nitrogens is 1. The van der Waals surface area contributed by atoms with E-state index < -0.39 is 0 Å². The summed E-state index contributed by atoms with van der Waals surface area (Å²) in [5.41, 5.74) is 2.03. The first kappa shape index (κ1) is 13.5. The van der Waals surface area contributed by atoms with Gasteiger partial charge in [-0.1, -0.05) is 15.9 Å². The molecule has 0 bridgehead atoms. The summed E-state index contributed by atoms with van der Waals surface area (Å²) < 4.78 is 6.01. The maximum atomic E-state index is 12.2. The first-order valence-electron chi connectivity index (χ1n) is 5.67. The first-order valence-corrected chi connectivity index (χ1v) is 6.47. The average molecular weight is 321 g/mol. The Morgan fingerprint density at radius 2 is 2.11 bits per heavy atom. The Morgan fingerprint density at radius 1 is 1.32 bits per heavy atom. The Morgan fingerprint density at radius 3 is 2.79 bits per heavy atom. The van der Waals surface area contributed by atoms with E-state index in [1.165, 1.54) is 7.11 Å². The highest BCUT2D eigenvalue weighted by atomic mass is 79.9. The lowest BCUT2D eigenvalue weighted by molar-refractivity contribution is 0.102. The van der Waals surface area contributed by atoms with Gasteiger partial charge in [-0.25, -0.2) is 0 Å². The summed E-state index contributed by atoms with van der Waals surface area (Å²) in [6, 6.07) is 8.85. The molecule has 0 radical (unpaired) electrons. The number of hydrogen-bond acceptors (Lipinski definition) is 3. The lowest BCUT2D eigenvalue weighted by Gasteiger charge is -2.10. The zero-order valence-corrected chi connectivity index (χ0v) is 12.2. The summed E-state index contributed by atoms with van der Waals surface area (Å²) in [6.07, 6.45) is 1.66. The molecule has 1 heterocycles. The zero-order chi connectivity index (χ0) is 13.8. The number of pyridine rings is 1. The summed E-state index contributed by atoms with van der Waals surface area (Å²) in [4.78, 5) is 16.3. The summed E-state index contributed by atoms with van der Waals surface area (Å²) in [7, 11) is 1.54. The third-order valence-corrected chi connectivity index (χ3v) is 3.05. The van der Waals surface area contributed by atoms with E-state index in [0.29, 0.717) is 17.0 Å². The van der Waals surface area contributed by atoms with E-state index in [1.807, 2.05) is 19.1 Å². The number of ether oxygens (including phenoxy) is 1. The van der Waals surface area contributed by atoms with Crippen LogP contribution < -0.4 is 10.1 Å².